The molecule has 3 aromatic rings. The summed E-state index contributed by atoms with van der Waals surface area (Å²) in [6, 6.07) is 7.26. The first kappa shape index (κ1) is 15.5. The number of hydrogen-bond acceptors (Lipinski definition) is 3. The molecule has 3 rings (SSSR count). The monoisotopic (exact) mass is 451 g/mol. The Kier molecular flexibility index (Phi) is 4.00. The fourth-order valence-electron chi connectivity index (χ4n) is 1.95. The maximum Gasteiger partial charge on any atom is 0.264 e. The third-order valence-electron chi connectivity index (χ3n) is 2.93. The molecule has 0 saturated carbocycles. The molecule has 114 valence electrons. The van der Waals surface area contributed by atoms with Gasteiger partial charge in [-0.1, -0.05) is 11.6 Å². The number of nitrogens with one attached hydrogen (secondary N) is 2. The molecule has 22 heavy (non-hydrogen) atoms. The van der Waals surface area contributed by atoms with E-state index in [0.29, 0.717) is 14.6 Å². The lowest BCUT2D eigenvalue weighted by molar-refractivity contribution is 0.599. The van der Waals surface area contributed by atoms with Crippen molar-refractivity contribution in [1.82, 2.24) is 9.97 Å². The molecule has 2 aromatic heterocycles. The van der Waals surface area contributed by atoms with Crippen LogP contribution in [0.4, 0.5) is 10.1 Å². The van der Waals surface area contributed by atoms with Gasteiger partial charge in [-0.3, -0.25) is 4.72 Å². The Hall–Kier alpha value is -1.39. The van der Waals surface area contributed by atoms with E-state index < -0.39 is 15.8 Å². The minimum atomic E-state index is -3.95. The van der Waals surface area contributed by atoms with Gasteiger partial charge < -0.3 is 4.98 Å². The maximum atomic E-state index is 13.8. The van der Waals surface area contributed by atoms with Crippen molar-refractivity contribution in [2.45, 2.75) is 4.90 Å². The topological polar surface area (TPSA) is 74.8 Å². The zero-order valence-corrected chi connectivity index (χ0v) is 14.5. The van der Waals surface area contributed by atoms with E-state index in [1.54, 1.807) is 12.1 Å². The number of benzene rings is 1. The summed E-state index contributed by atoms with van der Waals surface area (Å²) in [6.07, 6.45) is 1.29. The molecule has 0 atom stereocenters. The minimum Gasteiger partial charge on any atom is -0.345 e. The summed E-state index contributed by atoms with van der Waals surface area (Å²) in [7, 11) is -3.95. The number of anilines is 1. The molecule has 0 aliphatic heterocycles. The van der Waals surface area contributed by atoms with Crippen molar-refractivity contribution in [3.8, 4) is 0 Å². The van der Waals surface area contributed by atoms with Crippen molar-refractivity contribution in [2.24, 2.45) is 0 Å². The van der Waals surface area contributed by atoms with Crippen molar-refractivity contribution in [1.29, 1.82) is 0 Å². The third-order valence-corrected chi connectivity index (χ3v) is 5.22. The van der Waals surface area contributed by atoms with Crippen molar-refractivity contribution in [3.63, 3.8) is 0 Å². The lowest BCUT2D eigenvalue weighted by atomic mass is 10.3. The molecule has 0 unspecified atom stereocenters. The highest BCUT2D eigenvalue weighted by Crippen LogP contribution is 2.26. The molecule has 0 saturated heterocycles. The summed E-state index contributed by atoms with van der Waals surface area (Å²) in [5.41, 5.74) is 0.229. The largest absolute Gasteiger partial charge is 0.345 e. The van der Waals surface area contributed by atoms with Crippen LogP contribution in [-0.4, -0.2) is 18.4 Å². The number of H-pyrrole nitrogens is 1. The Morgan fingerprint density at radius 3 is 2.77 bits per heavy atom. The number of aromatic amines is 1. The fraction of sp³-hybridized carbons (Fsp3) is 0. The Morgan fingerprint density at radius 2 is 2.05 bits per heavy atom. The van der Waals surface area contributed by atoms with Crippen LogP contribution >= 0.6 is 34.2 Å². The molecule has 5 nitrogen and oxygen atoms in total. The quantitative estimate of drug-likeness (QED) is 0.470. The second-order valence-electron chi connectivity index (χ2n) is 4.41. The Bertz CT molecular complexity index is 975. The van der Waals surface area contributed by atoms with Gasteiger partial charge in [0.05, 0.1) is 5.69 Å². The average Bonchev–Trinajstić information content (AvgIpc) is 2.85. The van der Waals surface area contributed by atoms with Crippen LogP contribution in [0.15, 0.2) is 41.4 Å². The Labute approximate surface area is 144 Å². The molecule has 0 amide bonds. The fourth-order valence-corrected chi connectivity index (χ4v) is 3.78. The van der Waals surface area contributed by atoms with Crippen molar-refractivity contribution < 1.29 is 12.8 Å². The molecule has 0 aliphatic carbocycles. The number of hydrogen-bond donors (Lipinski definition) is 2. The third kappa shape index (κ3) is 2.90. The van der Waals surface area contributed by atoms with Crippen molar-refractivity contribution in [3.05, 3.63) is 51.1 Å². The molecule has 0 bridgehead atoms. The molecular weight excluding hydrogens is 444 g/mol. The van der Waals surface area contributed by atoms with Gasteiger partial charge in [-0.05, 0) is 52.9 Å². The number of sulfonamides is 1. The van der Waals surface area contributed by atoms with E-state index in [1.807, 2.05) is 22.6 Å². The highest BCUT2D eigenvalue weighted by Gasteiger charge is 2.21. The second kappa shape index (κ2) is 5.67. The van der Waals surface area contributed by atoms with E-state index in [9.17, 15) is 12.8 Å². The molecular formula is C13H8ClFIN3O2S. The summed E-state index contributed by atoms with van der Waals surface area (Å²) in [5.74, 6) is -0.642. The maximum absolute atomic E-state index is 13.8. The first-order chi connectivity index (χ1) is 10.4. The number of halogens is 3. The van der Waals surface area contributed by atoms with Crippen LogP contribution in [0.1, 0.15) is 0 Å². The highest BCUT2D eigenvalue weighted by molar-refractivity contribution is 14.1. The summed E-state index contributed by atoms with van der Waals surface area (Å²) in [5, 5.41) is 0.623. The number of nitrogens with zero attached hydrogens (tertiary/aromatic N) is 1. The number of rotatable bonds is 3. The zero-order chi connectivity index (χ0) is 15.9. The van der Waals surface area contributed by atoms with Gasteiger partial charge in [0.1, 0.15) is 21.5 Å². The molecule has 0 spiro atoms. The van der Waals surface area contributed by atoms with Gasteiger partial charge in [-0.25, -0.2) is 17.8 Å². The lowest BCUT2D eigenvalue weighted by Crippen LogP contribution is -2.13. The van der Waals surface area contributed by atoms with E-state index in [-0.39, 0.29) is 15.7 Å². The SMILES string of the molecule is O=S(=O)(Nc1ccc(I)cc1F)c1c[nH]c2nc(Cl)ccc12. The van der Waals surface area contributed by atoms with Crippen LogP contribution in [0.2, 0.25) is 5.15 Å². The van der Waals surface area contributed by atoms with Crippen molar-refractivity contribution in [2.75, 3.05) is 4.72 Å². The van der Waals surface area contributed by atoms with Crippen LogP contribution in [0.25, 0.3) is 11.0 Å². The van der Waals surface area contributed by atoms with Crippen LogP contribution in [0.3, 0.4) is 0 Å². The minimum absolute atomic E-state index is 0.0235. The first-order valence-corrected chi connectivity index (χ1v) is 8.92. The zero-order valence-electron chi connectivity index (χ0n) is 10.8. The standard InChI is InChI=1S/C13H8ClFIN3O2S/c14-12-4-2-8-11(6-17-13(8)18-12)22(20,21)19-10-3-1-7(16)5-9(10)15/h1-6,19H,(H,17,18). The number of fused-ring (bicyclic) bond motifs is 1. The van der Waals surface area contributed by atoms with Crippen molar-refractivity contribution >= 4 is 60.9 Å². The molecule has 2 N–H and O–H groups in total. The molecule has 9 heteroatoms. The summed E-state index contributed by atoms with van der Waals surface area (Å²) >= 11 is 7.70. The summed E-state index contributed by atoms with van der Waals surface area (Å²) in [6.45, 7) is 0. The van der Waals surface area contributed by atoms with Crippen LogP contribution < -0.4 is 4.72 Å². The van der Waals surface area contributed by atoms with E-state index in [2.05, 4.69) is 14.7 Å². The van der Waals surface area contributed by atoms with E-state index >= 15 is 0 Å². The molecule has 0 radical (unpaired) electrons. The lowest BCUT2D eigenvalue weighted by Gasteiger charge is -2.08. The summed E-state index contributed by atoms with van der Waals surface area (Å²) < 4.78 is 41.6. The number of aromatic nitrogens is 2. The molecule has 0 fully saturated rings. The summed E-state index contributed by atoms with van der Waals surface area (Å²) in [4.78, 5) is 6.70. The predicted octanol–water partition coefficient (Wildman–Crippen LogP) is 3.76. The van der Waals surface area contributed by atoms with Crippen LogP contribution in [0, 0.1) is 9.39 Å². The Balaban J connectivity index is 2.05. The second-order valence-corrected chi connectivity index (χ2v) is 7.70. The Morgan fingerprint density at radius 1 is 1.27 bits per heavy atom. The predicted molar refractivity (Wildman–Crippen MR) is 91.0 cm³/mol. The van der Waals surface area contributed by atoms with Gasteiger partial charge in [0.2, 0.25) is 0 Å². The van der Waals surface area contributed by atoms with Gasteiger partial charge in [-0.15, -0.1) is 0 Å². The first-order valence-electron chi connectivity index (χ1n) is 5.98. The van der Waals surface area contributed by atoms with Crippen LogP contribution in [-0.2, 0) is 10.0 Å². The van der Waals surface area contributed by atoms with Crippen LogP contribution in [0.5, 0.6) is 0 Å². The van der Waals surface area contributed by atoms with Gasteiger partial charge >= 0.3 is 0 Å². The molecule has 0 aliphatic rings. The van der Waals surface area contributed by atoms with E-state index in [1.165, 1.54) is 24.4 Å². The van der Waals surface area contributed by atoms with Gasteiger partial charge in [0.15, 0.2) is 0 Å². The number of pyridine rings is 1. The van der Waals surface area contributed by atoms with E-state index in [4.69, 9.17) is 11.6 Å². The molecule has 2 heterocycles. The average molecular weight is 452 g/mol. The molecule has 1 aromatic carbocycles. The van der Waals surface area contributed by atoms with E-state index in [0.717, 1.165) is 0 Å². The van der Waals surface area contributed by atoms with Gasteiger partial charge in [-0.2, -0.15) is 0 Å². The normalized spacial score (nSPS) is 11.8. The van der Waals surface area contributed by atoms with Gasteiger partial charge in [0.25, 0.3) is 10.0 Å². The smallest absolute Gasteiger partial charge is 0.264 e. The highest BCUT2D eigenvalue weighted by atomic mass is 127. The van der Waals surface area contributed by atoms with Gasteiger partial charge in [0, 0.05) is 15.2 Å².